The molecule has 0 aliphatic carbocycles. The largest absolute Gasteiger partial charge is 0.462 e. The molecule has 1 heterocycles. The van der Waals surface area contributed by atoms with Gasteiger partial charge in [-0.2, -0.15) is 0 Å². The molecule has 228 valence electrons. The molecule has 3 aromatic rings. The van der Waals surface area contributed by atoms with Crippen molar-refractivity contribution in [1.29, 1.82) is 0 Å². The van der Waals surface area contributed by atoms with Crippen LogP contribution in [0.5, 0.6) is 5.75 Å². The lowest BCUT2D eigenvalue weighted by molar-refractivity contribution is -0.139. The highest BCUT2D eigenvalue weighted by molar-refractivity contribution is 5.87. The first-order valence-corrected chi connectivity index (χ1v) is 14.3. The number of hydrogen-bond acceptors (Lipinski definition) is 8. The van der Waals surface area contributed by atoms with Gasteiger partial charge in [-0.25, -0.2) is 14.4 Å². The number of fused-ring (bicyclic) bond motifs is 1. The van der Waals surface area contributed by atoms with Gasteiger partial charge in [0.1, 0.15) is 11.3 Å². The highest BCUT2D eigenvalue weighted by Crippen LogP contribution is 2.28. The fraction of sp³-hybridized carbons (Fsp3) is 0.343. The molecule has 0 amide bonds. The summed E-state index contributed by atoms with van der Waals surface area (Å²) in [6, 6.07) is 12.7. The Kier molecular flexibility index (Phi) is 12.1. The van der Waals surface area contributed by atoms with Crippen LogP contribution in [0, 0.1) is 0 Å². The fourth-order valence-electron chi connectivity index (χ4n) is 4.27. The number of rotatable bonds is 16. The molecule has 1 unspecified atom stereocenters. The number of carbonyl (C=O) groups is 2. The topological polar surface area (TPSA) is 112 Å². The van der Waals surface area contributed by atoms with Gasteiger partial charge in [0.15, 0.2) is 0 Å². The Morgan fingerprint density at radius 1 is 0.837 bits per heavy atom. The third kappa shape index (κ3) is 9.82. The van der Waals surface area contributed by atoms with E-state index in [0.717, 1.165) is 29.4 Å². The number of aliphatic hydroxyl groups is 1. The van der Waals surface area contributed by atoms with Crippen molar-refractivity contribution in [3.63, 3.8) is 0 Å². The van der Waals surface area contributed by atoms with Gasteiger partial charge in [-0.05, 0) is 106 Å². The van der Waals surface area contributed by atoms with Gasteiger partial charge >= 0.3 is 17.6 Å². The smallest absolute Gasteiger partial charge is 0.344 e. The van der Waals surface area contributed by atoms with Crippen molar-refractivity contribution >= 4 is 22.9 Å². The Labute approximate surface area is 252 Å². The molecule has 0 saturated carbocycles. The van der Waals surface area contributed by atoms with Crippen molar-refractivity contribution in [3.8, 4) is 16.9 Å². The molecule has 0 saturated heterocycles. The quantitative estimate of drug-likeness (QED) is 0.0496. The zero-order chi connectivity index (χ0) is 31.5. The lowest BCUT2D eigenvalue weighted by atomic mass is 9.96. The lowest BCUT2D eigenvalue weighted by Gasteiger charge is -2.14. The molecule has 8 heteroatoms. The molecule has 2 aromatic carbocycles. The van der Waals surface area contributed by atoms with Gasteiger partial charge in [0.05, 0.1) is 18.8 Å². The molecule has 0 radical (unpaired) electrons. The van der Waals surface area contributed by atoms with Gasteiger partial charge in [-0.3, -0.25) is 0 Å². The van der Waals surface area contributed by atoms with E-state index in [2.05, 4.69) is 25.8 Å². The number of aryl methyl sites for hydroxylation is 2. The van der Waals surface area contributed by atoms with E-state index in [1.807, 2.05) is 12.1 Å². The summed E-state index contributed by atoms with van der Waals surface area (Å²) in [4.78, 5) is 36.4. The minimum absolute atomic E-state index is 0.293. The first-order chi connectivity index (χ1) is 20.5. The van der Waals surface area contributed by atoms with Crippen molar-refractivity contribution < 1.29 is 33.3 Å². The van der Waals surface area contributed by atoms with Crippen LogP contribution in [0.1, 0.15) is 57.6 Å². The van der Waals surface area contributed by atoms with Gasteiger partial charge in [-0.15, -0.1) is 0 Å². The normalized spacial score (nSPS) is 11.5. The van der Waals surface area contributed by atoms with Gasteiger partial charge in [-0.1, -0.05) is 37.9 Å². The second-order valence-electron chi connectivity index (χ2n) is 10.7. The third-order valence-corrected chi connectivity index (χ3v) is 6.70. The molecule has 8 nitrogen and oxygen atoms in total. The predicted octanol–water partition coefficient (Wildman–Crippen LogP) is 6.62. The highest BCUT2D eigenvalue weighted by Gasteiger charge is 2.14. The Morgan fingerprint density at radius 3 is 1.98 bits per heavy atom. The van der Waals surface area contributed by atoms with Gasteiger partial charge in [0.2, 0.25) is 6.29 Å². The second kappa shape index (κ2) is 15.7. The lowest BCUT2D eigenvalue weighted by Crippen LogP contribution is -2.15. The molecular formula is C35H40O8. The average Bonchev–Trinajstić information content (AvgIpc) is 2.96. The summed E-state index contributed by atoms with van der Waals surface area (Å²) in [6.45, 7) is 16.4. The van der Waals surface area contributed by atoms with E-state index in [-0.39, 0.29) is 0 Å². The van der Waals surface area contributed by atoms with Crippen LogP contribution in [-0.2, 0) is 31.9 Å². The van der Waals surface area contributed by atoms with E-state index in [4.69, 9.17) is 18.6 Å². The molecular weight excluding hydrogens is 548 g/mol. The van der Waals surface area contributed by atoms with Crippen LogP contribution in [0.15, 0.2) is 88.1 Å². The zero-order valence-corrected chi connectivity index (χ0v) is 25.2. The van der Waals surface area contributed by atoms with Crippen LogP contribution < -0.4 is 10.4 Å². The Morgan fingerprint density at radius 2 is 1.42 bits per heavy atom. The highest BCUT2D eigenvalue weighted by atomic mass is 16.6. The molecule has 0 aliphatic heterocycles. The van der Waals surface area contributed by atoms with E-state index >= 15 is 0 Å². The summed E-state index contributed by atoms with van der Waals surface area (Å²) in [5.74, 6) is -0.360. The van der Waals surface area contributed by atoms with Crippen molar-refractivity contribution in [2.45, 2.75) is 65.6 Å². The number of carbonyl (C=O) groups excluding carboxylic acids is 2. The molecule has 3 rings (SSSR count). The van der Waals surface area contributed by atoms with Crippen LogP contribution >= 0.6 is 0 Å². The first kappa shape index (κ1) is 33.1. The number of esters is 2. The molecule has 43 heavy (non-hydrogen) atoms. The maximum atomic E-state index is 13.1. The van der Waals surface area contributed by atoms with Gasteiger partial charge in [0, 0.05) is 16.5 Å². The van der Waals surface area contributed by atoms with Crippen LogP contribution in [0.3, 0.4) is 0 Å². The van der Waals surface area contributed by atoms with E-state index in [0.29, 0.717) is 78.1 Å². The number of unbranched alkanes of at least 4 members (excludes halogenated alkanes) is 2. The maximum Gasteiger partial charge on any atom is 0.344 e. The molecule has 0 spiro atoms. The molecule has 1 atom stereocenters. The molecule has 1 N–H and O–H groups in total. The van der Waals surface area contributed by atoms with Gasteiger partial charge in [0.25, 0.3) is 0 Å². The number of aliphatic hydroxyl groups excluding tert-OH is 1. The maximum absolute atomic E-state index is 13.1. The number of benzene rings is 2. The van der Waals surface area contributed by atoms with Crippen LogP contribution in [0.4, 0.5) is 0 Å². The van der Waals surface area contributed by atoms with Gasteiger partial charge < -0.3 is 23.7 Å². The summed E-state index contributed by atoms with van der Waals surface area (Å²) in [6.07, 6.45) is 3.17. The summed E-state index contributed by atoms with van der Waals surface area (Å²) >= 11 is 0. The monoisotopic (exact) mass is 588 g/mol. The second-order valence-corrected chi connectivity index (χ2v) is 10.7. The summed E-state index contributed by atoms with van der Waals surface area (Å²) in [5, 5.41) is 10.7. The van der Waals surface area contributed by atoms with E-state index in [1.54, 1.807) is 45.0 Å². The van der Waals surface area contributed by atoms with Crippen LogP contribution in [-0.4, -0.2) is 36.5 Å². The zero-order valence-electron chi connectivity index (χ0n) is 25.2. The van der Waals surface area contributed by atoms with Crippen LogP contribution in [0.2, 0.25) is 0 Å². The Balaban J connectivity index is 1.83. The number of hydrogen-bond donors (Lipinski definition) is 1. The molecule has 1 aromatic heterocycles. The van der Waals surface area contributed by atoms with E-state index in [9.17, 15) is 19.5 Å². The van der Waals surface area contributed by atoms with E-state index in [1.165, 1.54) is 0 Å². The van der Waals surface area contributed by atoms with Crippen LogP contribution in [0.25, 0.3) is 22.1 Å². The Bertz CT molecular complexity index is 1540. The first-order valence-electron chi connectivity index (χ1n) is 14.3. The number of ether oxygens (including phenoxy) is 3. The predicted molar refractivity (Wildman–Crippen MR) is 167 cm³/mol. The molecule has 0 bridgehead atoms. The summed E-state index contributed by atoms with van der Waals surface area (Å²) in [5.41, 5.74) is 4.32. The van der Waals surface area contributed by atoms with Crippen molar-refractivity contribution in [2.24, 2.45) is 0 Å². The average molecular weight is 589 g/mol. The van der Waals surface area contributed by atoms with Crippen molar-refractivity contribution in [1.82, 2.24) is 0 Å². The summed E-state index contributed by atoms with van der Waals surface area (Å²) in [7, 11) is 0. The molecule has 0 fully saturated rings. The van der Waals surface area contributed by atoms with E-state index < -0.39 is 23.9 Å². The third-order valence-electron chi connectivity index (χ3n) is 6.70. The minimum atomic E-state index is -1.12. The van der Waals surface area contributed by atoms with Crippen molar-refractivity contribution in [2.75, 3.05) is 13.2 Å². The molecule has 0 aliphatic rings. The SMILES string of the molecule is C=C(C)C(=O)OCCCCc1cc(CCCCOC(=O)C(=C)C)c2cc(-c3ccc(OC(O)C(=C)C)cc3)c(=O)oc2c1. The van der Waals surface area contributed by atoms with Crippen molar-refractivity contribution in [3.05, 3.63) is 100 Å². The minimum Gasteiger partial charge on any atom is -0.462 e. The standard InChI is InChI=1S/C35H40O8/c1-22(2)32(36)40-17-9-7-11-25-19-27(12-8-10-18-41-33(37)23(3)4)29-21-30(35(39)43-31(29)20-25)26-13-15-28(16-14-26)42-34(38)24(5)6/h13-16,19-21,34,38H,1,3,5,7-12,17-18H2,2,4,6H3. The Hall–Kier alpha value is -4.43. The summed E-state index contributed by atoms with van der Waals surface area (Å²) < 4.78 is 21.7. The fourth-order valence-corrected chi connectivity index (χ4v) is 4.27.